The lowest BCUT2D eigenvalue weighted by molar-refractivity contribution is -0.122. The van der Waals surface area contributed by atoms with Crippen LogP contribution in [0.5, 0.6) is 5.75 Å². The number of rotatable bonds is 5. The predicted octanol–water partition coefficient (Wildman–Crippen LogP) is 4.95. The van der Waals surface area contributed by atoms with E-state index in [-0.39, 0.29) is 11.7 Å². The van der Waals surface area contributed by atoms with Crippen LogP contribution in [0.1, 0.15) is 25.8 Å². The topological polar surface area (TPSA) is 75.7 Å². The molecule has 1 fully saturated rings. The molecule has 1 aliphatic rings. The molecule has 1 atom stereocenters. The van der Waals surface area contributed by atoms with Crippen molar-refractivity contribution in [1.82, 2.24) is 5.32 Å². The average Bonchev–Trinajstić information content (AvgIpc) is 2.68. The summed E-state index contributed by atoms with van der Waals surface area (Å²) in [6, 6.07) is 10.6. The van der Waals surface area contributed by atoms with Gasteiger partial charge in [0, 0.05) is 5.02 Å². The molecular formula is C21H18BrClN2O4. The van der Waals surface area contributed by atoms with Gasteiger partial charge in [-0.3, -0.25) is 14.9 Å². The molecule has 0 spiro atoms. The van der Waals surface area contributed by atoms with Crippen LogP contribution in [0.4, 0.5) is 10.5 Å². The largest absolute Gasteiger partial charge is 0.490 e. The van der Waals surface area contributed by atoms with Crippen molar-refractivity contribution in [2.45, 2.75) is 26.4 Å². The number of benzene rings is 2. The van der Waals surface area contributed by atoms with Gasteiger partial charge in [-0.25, -0.2) is 9.69 Å². The van der Waals surface area contributed by atoms with Crippen molar-refractivity contribution >= 4 is 57.1 Å². The van der Waals surface area contributed by atoms with Crippen LogP contribution in [0.25, 0.3) is 6.08 Å². The summed E-state index contributed by atoms with van der Waals surface area (Å²) in [7, 11) is 0. The van der Waals surface area contributed by atoms with E-state index in [0.29, 0.717) is 26.5 Å². The van der Waals surface area contributed by atoms with E-state index in [2.05, 4.69) is 21.2 Å². The van der Waals surface area contributed by atoms with E-state index >= 15 is 0 Å². The van der Waals surface area contributed by atoms with Crippen LogP contribution in [0.2, 0.25) is 5.02 Å². The first-order chi connectivity index (χ1) is 13.8. The van der Waals surface area contributed by atoms with Crippen LogP contribution in [0.3, 0.4) is 0 Å². The van der Waals surface area contributed by atoms with Gasteiger partial charge < -0.3 is 4.74 Å². The van der Waals surface area contributed by atoms with Gasteiger partial charge in [0.25, 0.3) is 11.8 Å². The Hall–Kier alpha value is -2.64. The van der Waals surface area contributed by atoms with Crippen LogP contribution < -0.4 is 15.0 Å². The van der Waals surface area contributed by atoms with E-state index in [9.17, 15) is 14.4 Å². The summed E-state index contributed by atoms with van der Waals surface area (Å²) in [6.45, 7) is 3.99. The Balaban J connectivity index is 1.92. The van der Waals surface area contributed by atoms with Crippen molar-refractivity contribution in [3.63, 3.8) is 0 Å². The number of barbiturate groups is 1. The molecular weight excluding hydrogens is 460 g/mol. The number of amides is 4. The number of nitrogens with one attached hydrogen (secondary N) is 1. The first-order valence-electron chi connectivity index (χ1n) is 8.93. The Morgan fingerprint density at radius 3 is 2.48 bits per heavy atom. The van der Waals surface area contributed by atoms with Crippen LogP contribution >= 0.6 is 27.5 Å². The maximum atomic E-state index is 12.9. The third-order valence-corrected chi connectivity index (χ3v) is 5.23. The average molecular weight is 478 g/mol. The number of anilines is 1. The molecule has 1 N–H and O–H groups in total. The molecule has 0 saturated carbocycles. The Labute approximate surface area is 181 Å². The van der Waals surface area contributed by atoms with E-state index in [4.69, 9.17) is 16.3 Å². The highest BCUT2D eigenvalue weighted by Crippen LogP contribution is 2.29. The molecule has 150 valence electrons. The minimum absolute atomic E-state index is 0.0557. The fourth-order valence-corrected chi connectivity index (χ4v) is 3.27. The quantitative estimate of drug-likeness (QED) is 0.488. The SMILES string of the molecule is CC[C@@H](C)Oc1ccc(/C=C2\C(=O)NC(=O)N(c3ccc(Cl)cc3)C2=O)cc1Br. The van der Waals surface area contributed by atoms with Gasteiger partial charge in [0.1, 0.15) is 11.3 Å². The fraction of sp³-hybridized carbons (Fsp3) is 0.190. The van der Waals surface area contributed by atoms with Gasteiger partial charge in [-0.15, -0.1) is 0 Å². The molecule has 8 heteroatoms. The van der Waals surface area contributed by atoms with Crippen LogP contribution in [-0.2, 0) is 9.59 Å². The lowest BCUT2D eigenvalue weighted by Gasteiger charge is -2.26. The zero-order valence-corrected chi connectivity index (χ0v) is 18.1. The normalized spacial score (nSPS) is 16.8. The molecule has 0 radical (unpaired) electrons. The van der Waals surface area contributed by atoms with Gasteiger partial charge in [-0.1, -0.05) is 24.6 Å². The summed E-state index contributed by atoms with van der Waals surface area (Å²) in [4.78, 5) is 38.3. The Morgan fingerprint density at radius 2 is 1.86 bits per heavy atom. The summed E-state index contributed by atoms with van der Waals surface area (Å²) in [5.41, 5.74) is 0.771. The smallest absolute Gasteiger partial charge is 0.335 e. The summed E-state index contributed by atoms with van der Waals surface area (Å²) >= 11 is 9.31. The Bertz CT molecular complexity index is 1000. The second-order valence-corrected chi connectivity index (χ2v) is 7.75. The van der Waals surface area contributed by atoms with Crippen molar-refractivity contribution < 1.29 is 19.1 Å². The third kappa shape index (κ3) is 4.68. The zero-order chi connectivity index (χ0) is 21.1. The summed E-state index contributed by atoms with van der Waals surface area (Å²) in [5.74, 6) is -0.794. The molecule has 0 bridgehead atoms. The molecule has 0 unspecified atom stereocenters. The third-order valence-electron chi connectivity index (χ3n) is 4.36. The predicted molar refractivity (Wildman–Crippen MR) is 115 cm³/mol. The molecule has 1 saturated heterocycles. The highest BCUT2D eigenvalue weighted by Gasteiger charge is 2.36. The highest BCUT2D eigenvalue weighted by molar-refractivity contribution is 9.10. The maximum absolute atomic E-state index is 12.9. The monoisotopic (exact) mass is 476 g/mol. The minimum Gasteiger partial charge on any atom is -0.490 e. The molecule has 3 rings (SSSR count). The van der Waals surface area contributed by atoms with E-state index < -0.39 is 17.8 Å². The van der Waals surface area contributed by atoms with Gasteiger partial charge in [0.05, 0.1) is 16.3 Å². The Kier molecular flexibility index (Phi) is 6.39. The second kappa shape index (κ2) is 8.80. The van der Waals surface area contributed by atoms with Crippen LogP contribution in [0.15, 0.2) is 52.5 Å². The van der Waals surface area contributed by atoms with Crippen molar-refractivity contribution in [1.29, 1.82) is 0 Å². The van der Waals surface area contributed by atoms with Crippen molar-refractivity contribution in [3.05, 3.63) is 63.1 Å². The van der Waals surface area contributed by atoms with Gasteiger partial charge in [-0.2, -0.15) is 0 Å². The van der Waals surface area contributed by atoms with Gasteiger partial charge in [-0.05, 0) is 77.3 Å². The molecule has 1 heterocycles. The summed E-state index contributed by atoms with van der Waals surface area (Å²) in [6.07, 6.45) is 2.35. The summed E-state index contributed by atoms with van der Waals surface area (Å²) in [5, 5.41) is 2.66. The number of carbonyl (C=O) groups excluding carboxylic acids is 3. The number of nitrogens with zero attached hydrogens (tertiary/aromatic N) is 1. The highest BCUT2D eigenvalue weighted by atomic mass is 79.9. The molecule has 0 aliphatic carbocycles. The minimum atomic E-state index is -0.807. The van der Waals surface area contributed by atoms with E-state index in [1.54, 1.807) is 30.3 Å². The lowest BCUT2D eigenvalue weighted by atomic mass is 10.1. The van der Waals surface area contributed by atoms with Gasteiger partial charge in [0.2, 0.25) is 0 Å². The standard InChI is InChI=1S/C21H18BrClN2O4/c1-3-12(2)29-18-9-4-13(11-17(18)22)10-16-19(26)24-21(28)25(20(16)27)15-7-5-14(23)6-8-15/h4-12H,3H2,1-2H3,(H,24,26,28)/b16-10+/t12-/m1/s1. The van der Waals surface area contributed by atoms with Crippen molar-refractivity contribution in [2.24, 2.45) is 0 Å². The van der Waals surface area contributed by atoms with E-state index in [1.165, 1.54) is 18.2 Å². The molecule has 6 nitrogen and oxygen atoms in total. The van der Waals surface area contributed by atoms with E-state index in [0.717, 1.165) is 11.3 Å². The zero-order valence-electron chi connectivity index (χ0n) is 15.7. The number of carbonyl (C=O) groups is 3. The van der Waals surface area contributed by atoms with E-state index in [1.807, 2.05) is 13.8 Å². The lowest BCUT2D eigenvalue weighted by Crippen LogP contribution is -2.54. The Morgan fingerprint density at radius 1 is 1.17 bits per heavy atom. The van der Waals surface area contributed by atoms with Crippen molar-refractivity contribution in [3.8, 4) is 5.75 Å². The number of ether oxygens (including phenoxy) is 1. The van der Waals surface area contributed by atoms with Gasteiger partial charge >= 0.3 is 6.03 Å². The van der Waals surface area contributed by atoms with Crippen LogP contribution in [0, 0.1) is 0 Å². The number of imide groups is 2. The molecule has 2 aromatic rings. The number of hydrogen-bond donors (Lipinski definition) is 1. The molecule has 2 aromatic carbocycles. The molecule has 4 amide bonds. The van der Waals surface area contributed by atoms with Crippen LogP contribution in [-0.4, -0.2) is 23.9 Å². The van der Waals surface area contributed by atoms with Gasteiger partial charge in [0.15, 0.2) is 0 Å². The first-order valence-corrected chi connectivity index (χ1v) is 10.1. The maximum Gasteiger partial charge on any atom is 0.335 e. The number of urea groups is 1. The number of halogens is 2. The fourth-order valence-electron chi connectivity index (χ4n) is 2.65. The first kappa shape index (κ1) is 21.1. The molecule has 29 heavy (non-hydrogen) atoms. The second-order valence-electron chi connectivity index (χ2n) is 6.46. The molecule has 0 aromatic heterocycles. The molecule has 1 aliphatic heterocycles. The summed E-state index contributed by atoms with van der Waals surface area (Å²) < 4.78 is 6.50. The van der Waals surface area contributed by atoms with Crippen molar-refractivity contribution in [2.75, 3.05) is 4.90 Å². The number of hydrogen-bond acceptors (Lipinski definition) is 4.